The van der Waals surface area contributed by atoms with Crippen molar-refractivity contribution in [3.05, 3.63) is 76.4 Å². The normalized spacial score (nSPS) is 23.5. The zero-order valence-electron chi connectivity index (χ0n) is 16.4. The van der Waals surface area contributed by atoms with Crippen LogP contribution >= 0.6 is 0 Å². The van der Waals surface area contributed by atoms with E-state index in [2.05, 4.69) is 46.2 Å². The second kappa shape index (κ2) is 7.29. The quantitative estimate of drug-likeness (QED) is 0.786. The van der Waals surface area contributed by atoms with Gasteiger partial charge in [-0.2, -0.15) is 13.2 Å². The molecule has 1 aliphatic heterocycles. The topological polar surface area (TPSA) is 26.7 Å². The molecular weight excluding hydrogens is 389 g/mol. The molecule has 2 aromatic carbocycles. The number of piperazine rings is 1. The summed E-state index contributed by atoms with van der Waals surface area (Å²) in [5, 5.41) is 11.1. The highest BCUT2D eigenvalue weighted by molar-refractivity contribution is 5.69. The van der Waals surface area contributed by atoms with Crippen molar-refractivity contribution in [1.29, 1.82) is 0 Å². The SMILES string of the molecule is O[C@@H]1c2cc3c(cc2C=C[C@H]1N1CCN(c2ccc(C(F)(F)F)cc2)CC1)C=CC3. The van der Waals surface area contributed by atoms with E-state index < -0.39 is 17.8 Å². The molecule has 0 spiro atoms. The van der Waals surface area contributed by atoms with Gasteiger partial charge in [0.2, 0.25) is 0 Å². The molecule has 1 fully saturated rings. The van der Waals surface area contributed by atoms with Gasteiger partial charge >= 0.3 is 6.18 Å². The fraction of sp³-hybridized carbons (Fsp3) is 0.333. The van der Waals surface area contributed by atoms with Crippen molar-refractivity contribution >= 4 is 17.8 Å². The number of benzene rings is 2. The van der Waals surface area contributed by atoms with Gasteiger partial charge in [0.05, 0.1) is 17.7 Å². The van der Waals surface area contributed by atoms with Gasteiger partial charge in [-0.15, -0.1) is 0 Å². The van der Waals surface area contributed by atoms with E-state index in [1.165, 1.54) is 11.1 Å². The molecule has 0 saturated carbocycles. The Kier molecular flexibility index (Phi) is 4.71. The summed E-state index contributed by atoms with van der Waals surface area (Å²) in [6.45, 7) is 2.91. The van der Waals surface area contributed by atoms with Gasteiger partial charge in [-0.3, -0.25) is 4.90 Å². The summed E-state index contributed by atoms with van der Waals surface area (Å²) in [5.41, 5.74) is 4.72. The Balaban J connectivity index is 1.26. The molecule has 0 aromatic heterocycles. The molecule has 0 radical (unpaired) electrons. The van der Waals surface area contributed by atoms with Crippen molar-refractivity contribution < 1.29 is 18.3 Å². The van der Waals surface area contributed by atoms with Crippen LogP contribution < -0.4 is 4.90 Å². The average molecular weight is 412 g/mol. The van der Waals surface area contributed by atoms with E-state index in [9.17, 15) is 18.3 Å². The summed E-state index contributed by atoms with van der Waals surface area (Å²) in [5.74, 6) is 0. The number of nitrogens with zero attached hydrogens (tertiary/aromatic N) is 2. The number of fused-ring (bicyclic) bond motifs is 2. The van der Waals surface area contributed by atoms with Crippen LogP contribution in [0.3, 0.4) is 0 Å². The first-order valence-electron chi connectivity index (χ1n) is 10.3. The van der Waals surface area contributed by atoms with Crippen molar-refractivity contribution in [1.82, 2.24) is 4.90 Å². The fourth-order valence-electron chi connectivity index (χ4n) is 4.70. The Morgan fingerprint density at radius 1 is 0.900 bits per heavy atom. The first-order valence-corrected chi connectivity index (χ1v) is 10.3. The second-order valence-corrected chi connectivity index (χ2v) is 8.15. The molecule has 2 aliphatic carbocycles. The Morgan fingerprint density at radius 2 is 1.63 bits per heavy atom. The van der Waals surface area contributed by atoms with Gasteiger partial charge in [0.1, 0.15) is 0 Å². The van der Waals surface area contributed by atoms with Crippen LogP contribution in [0.25, 0.3) is 12.2 Å². The van der Waals surface area contributed by atoms with Crippen molar-refractivity contribution in [2.24, 2.45) is 0 Å². The molecule has 2 aromatic rings. The Labute approximate surface area is 173 Å². The van der Waals surface area contributed by atoms with Crippen LogP contribution in [0.5, 0.6) is 0 Å². The third kappa shape index (κ3) is 3.44. The van der Waals surface area contributed by atoms with Crippen LogP contribution in [0.2, 0.25) is 0 Å². The standard InChI is InChI=1S/C24H23F3N2O/c25-24(26,27)19-5-7-20(8-6-19)28-10-12-29(13-11-28)22-9-4-18-14-16-2-1-3-17(16)15-21(18)23(22)30/h1-2,4-9,14-15,22-23,30H,3,10-13H2/t22-,23-/m1/s1. The minimum absolute atomic E-state index is 0.0836. The van der Waals surface area contributed by atoms with E-state index in [-0.39, 0.29) is 6.04 Å². The van der Waals surface area contributed by atoms with Crippen molar-refractivity contribution in [3.8, 4) is 0 Å². The average Bonchev–Trinajstić information content (AvgIpc) is 3.20. The van der Waals surface area contributed by atoms with Crippen LogP contribution in [0.15, 0.2) is 48.6 Å². The summed E-state index contributed by atoms with van der Waals surface area (Å²) in [6.07, 6.45) is 4.47. The number of alkyl halides is 3. The fourth-order valence-corrected chi connectivity index (χ4v) is 4.70. The molecule has 0 amide bonds. The first-order chi connectivity index (χ1) is 14.4. The van der Waals surface area contributed by atoms with Gasteiger partial charge in [0.15, 0.2) is 0 Å². The molecule has 1 N–H and O–H groups in total. The lowest BCUT2D eigenvalue weighted by Crippen LogP contribution is -2.52. The summed E-state index contributed by atoms with van der Waals surface area (Å²) < 4.78 is 38.3. The largest absolute Gasteiger partial charge is 0.416 e. The number of anilines is 1. The molecule has 1 saturated heterocycles. The number of aliphatic hydroxyl groups is 1. The number of allylic oxidation sites excluding steroid dienone is 1. The number of hydrogen-bond acceptors (Lipinski definition) is 3. The molecule has 5 rings (SSSR count). The van der Waals surface area contributed by atoms with Gasteiger partial charge in [0, 0.05) is 31.9 Å². The molecule has 30 heavy (non-hydrogen) atoms. The molecule has 156 valence electrons. The van der Waals surface area contributed by atoms with Crippen LogP contribution in [0, 0.1) is 0 Å². The van der Waals surface area contributed by atoms with Crippen LogP contribution in [-0.4, -0.2) is 42.2 Å². The van der Waals surface area contributed by atoms with E-state index in [0.29, 0.717) is 13.1 Å². The first kappa shape index (κ1) is 19.4. The maximum Gasteiger partial charge on any atom is 0.416 e. The molecular formula is C24H23F3N2O. The summed E-state index contributed by atoms with van der Waals surface area (Å²) in [4.78, 5) is 4.36. The summed E-state index contributed by atoms with van der Waals surface area (Å²) >= 11 is 0. The number of aliphatic hydroxyl groups excluding tert-OH is 1. The third-order valence-electron chi connectivity index (χ3n) is 6.39. The van der Waals surface area contributed by atoms with Gasteiger partial charge in [-0.25, -0.2) is 0 Å². The summed E-state index contributed by atoms with van der Waals surface area (Å²) in [6, 6.07) is 9.55. The minimum Gasteiger partial charge on any atom is -0.386 e. The smallest absolute Gasteiger partial charge is 0.386 e. The highest BCUT2D eigenvalue weighted by Gasteiger charge is 2.33. The van der Waals surface area contributed by atoms with Crippen LogP contribution in [-0.2, 0) is 12.6 Å². The van der Waals surface area contributed by atoms with Gasteiger partial charge in [-0.05, 0) is 59.0 Å². The lowest BCUT2D eigenvalue weighted by molar-refractivity contribution is -0.137. The molecule has 1 heterocycles. The Hall–Kier alpha value is -2.57. The maximum absolute atomic E-state index is 12.8. The van der Waals surface area contributed by atoms with E-state index >= 15 is 0 Å². The highest BCUT2D eigenvalue weighted by atomic mass is 19.4. The molecule has 3 aliphatic rings. The Morgan fingerprint density at radius 3 is 2.33 bits per heavy atom. The molecule has 3 nitrogen and oxygen atoms in total. The van der Waals surface area contributed by atoms with E-state index in [1.807, 2.05) is 0 Å². The molecule has 2 atom stereocenters. The minimum atomic E-state index is -4.31. The number of halogens is 3. The van der Waals surface area contributed by atoms with E-state index in [4.69, 9.17) is 0 Å². The van der Waals surface area contributed by atoms with Crippen LogP contribution in [0.1, 0.15) is 33.9 Å². The van der Waals surface area contributed by atoms with Gasteiger partial charge in [-0.1, -0.05) is 30.4 Å². The van der Waals surface area contributed by atoms with Gasteiger partial charge in [0.25, 0.3) is 0 Å². The zero-order chi connectivity index (χ0) is 20.9. The lowest BCUT2D eigenvalue weighted by atomic mass is 9.87. The monoisotopic (exact) mass is 412 g/mol. The van der Waals surface area contributed by atoms with E-state index in [1.54, 1.807) is 12.1 Å². The second-order valence-electron chi connectivity index (χ2n) is 8.15. The van der Waals surface area contributed by atoms with Crippen LogP contribution in [0.4, 0.5) is 18.9 Å². The summed E-state index contributed by atoms with van der Waals surface area (Å²) in [7, 11) is 0. The van der Waals surface area contributed by atoms with Crippen molar-refractivity contribution in [3.63, 3.8) is 0 Å². The van der Waals surface area contributed by atoms with Crippen molar-refractivity contribution in [2.75, 3.05) is 31.1 Å². The Bertz CT molecular complexity index is 1000. The van der Waals surface area contributed by atoms with E-state index in [0.717, 1.165) is 48.5 Å². The molecule has 0 bridgehead atoms. The third-order valence-corrected chi connectivity index (χ3v) is 6.39. The molecule has 0 unspecified atom stereocenters. The predicted molar refractivity (Wildman–Crippen MR) is 112 cm³/mol. The van der Waals surface area contributed by atoms with Crippen molar-refractivity contribution in [2.45, 2.75) is 24.7 Å². The predicted octanol–water partition coefficient (Wildman–Crippen LogP) is 4.53. The zero-order valence-corrected chi connectivity index (χ0v) is 16.4. The number of rotatable bonds is 2. The number of hydrogen-bond donors (Lipinski definition) is 1. The maximum atomic E-state index is 12.8. The molecule has 6 heteroatoms. The lowest BCUT2D eigenvalue weighted by Gasteiger charge is -2.42. The highest BCUT2D eigenvalue weighted by Crippen LogP contribution is 2.36. The van der Waals surface area contributed by atoms with Gasteiger partial charge < -0.3 is 10.0 Å².